The highest BCUT2D eigenvalue weighted by molar-refractivity contribution is 5.37. The number of aliphatic hydroxyl groups is 1. The Morgan fingerprint density at radius 2 is 2.04 bits per heavy atom. The van der Waals surface area contributed by atoms with E-state index >= 15 is 0 Å². The summed E-state index contributed by atoms with van der Waals surface area (Å²) in [4.78, 5) is 0. The minimum Gasteiger partial charge on any atom is -0.489 e. The molecule has 1 atom stereocenters. The van der Waals surface area contributed by atoms with Crippen LogP contribution in [-0.2, 0) is 13.2 Å². The topological polar surface area (TPSA) is 65.3 Å². The Bertz CT molecular complexity index is 662. The van der Waals surface area contributed by atoms with Crippen molar-refractivity contribution in [2.45, 2.75) is 32.6 Å². The molecule has 4 nitrogen and oxygen atoms in total. The van der Waals surface area contributed by atoms with Gasteiger partial charge in [0.05, 0.1) is 17.7 Å². The van der Waals surface area contributed by atoms with Crippen LogP contribution in [0.4, 0.5) is 0 Å². The van der Waals surface area contributed by atoms with E-state index in [0.29, 0.717) is 12.2 Å². The number of aliphatic hydroxyl groups excluding tert-OH is 1. The molecule has 0 heterocycles. The molecule has 0 saturated carbocycles. The lowest BCUT2D eigenvalue weighted by atomic mass is 10.1. The molecule has 0 aliphatic rings. The highest BCUT2D eigenvalue weighted by Gasteiger charge is 2.03. The number of rotatable bonds is 8. The molecule has 2 rings (SSSR count). The second-order valence-electron chi connectivity index (χ2n) is 5.52. The van der Waals surface area contributed by atoms with Crippen LogP contribution in [0.3, 0.4) is 0 Å². The third-order valence-electron chi connectivity index (χ3n) is 3.50. The van der Waals surface area contributed by atoms with Crippen LogP contribution in [-0.4, -0.2) is 17.8 Å². The van der Waals surface area contributed by atoms with Gasteiger partial charge in [0.2, 0.25) is 0 Å². The molecule has 1 unspecified atom stereocenters. The van der Waals surface area contributed by atoms with Gasteiger partial charge < -0.3 is 15.2 Å². The molecule has 2 aromatic carbocycles. The Morgan fingerprint density at radius 1 is 1.22 bits per heavy atom. The van der Waals surface area contributed by atoms with Crippen LogP contribution >= 0.6 is 0 Å². The van der Waals surface area contributed by atoms with Crippen molar-refractivity contribution in [1.29, 1.82) is 5.26 Å². The van der Waals surface area contributed by atoms with E-state index in [1.165, 1.54) is 0 Å². The standard InChI is InChI=1S/C19H22N2O2/c1-15(22)9-10-21-13-16-5-4-8-19(11-16)23-14-18-7-3-2-6-17(18)12-20/h2-8,11,15,21-22H,9-10,13-14H2,1H3. The molecular weight excluding hydrogens is 288 g/mol. The molecule has 0 bridgehead atoms. The van der Waals surface area contributed by atoms with E-state index in [1.807, 2.05) is 42.5 Å². The maximum atomic E-state index is 9.23. The van der Waals surface area contributed by atoms with Gasteiger partial charge in [0.1, 0.15) is 12.4 Å². The average Bonchev–Trinajstić information content (AvgIpc) is 2.57. The van der Waals surface area contributed by atoms with E-state index in [2.05, 4.69) is 11.4 Å². The van der Waals surface area contributed by atoms with Gasteiger partial charge in [-0.15, -0.1) is 0 Å². The highest BCUT2D eigenvalue weighted by Crippen LogP contribution is 2.16. The lowest BCUT2D eigenvalue weighted by Crippen LogP contribution is -2.18. The summed E-state index contributed by atoms with van der Waals surface area (Å²) in [5.74, 6) is 0.785. The molecule has 120 valence electrons. The molecule has 0 aromatic heterocycles. The Labute approximate surface area is 137 Å². The first-order valence-electron chi connectivity index (χ1n) is 7.77. The van der Waals surface area contributed by atoms with Gasteiger partial charge in [0, 0.05) is 12.1 Å². The predicted molar refractivity (Wildman–Crippen MR) is 89.9 cm³/mol. The lowest BCUT2D eigenvalue weighted by Gasteiger charge is -2.10. The summed E-state index contributed by atoms with van der Waals surface area (Å²) in [5, 5.41) is 21.6. The summed E-state index contributed by atoms with van der Waals surface area (Å²) >= 11 is 0. The molecular formula is C19H22N2O2. The molecule has 0 fully saturated rings. The third kappa shape index (κ3) is 5.74. The summed E-state index contributed by atoms with van der Waals surface area (Å²) in [6.45, 7) is 3.68. The zero-order chi connectivity index (χ0) is 16.5. The van der Waals surface area contributed by atoms with Crippen LogP contribution in [0.5, 0.6) is 5.75 Å². The number of nitrogens with zero attached hydrogens (tertiary/aromatic N) is 1. The molecule has 0 aliphatic heterocycles. The first kappa shape index (κ1) is 17.0. The summed E-state index contributed by atoms with van der Waals surface area (Å²) < 4.78 is 5.80. The van der Waals surface area contributed by atoms with Gasteiger partial charge >= 0.3 is 0 Å². The van der Waals surface area contributed by atoms with Crippen molar-refractivity contribution in [1.82, 2.24) is 5.32 Å². The maximum Gasteiger partial charge on any atom is 0.120 e. The van der Waals surface area contributed by atoms with E-state index in [0.717, 1.165) is 36.4 Å². The Kier molecular flexibility index (Phi) is 6.61. The third-order valence-corrected chi connectivity index (χ3v) is 3.50. The smallest absolute Gasteiger partial charge is 0.120 e. The quantitative estimate of drug-likeness (QED) is 0.736. The van der Waals surface area contributed by atoms with Crippen molar-refractivity contribution in [2.75, 3.05) is 6.54 Å². The number of benzene rings is 2. The van der Waals surface area contributed by atoms with Crippen molar-refractivity contribution >= 4 is 0 Å². The van der Waals surface area contributed by atoms with Gasteiger partial charge in [-0.05, 0) is 43.7 Å². The average molecular weight is 310 g/mol. The maximum absolute atomic E-state index is 9.23. The van der Waals surface area contributed by atoms with Crippen LogP contribution in [0.2, 0.25) is 0 Å². The highest BCUT2D eigenvalue weighted by atomic mass is 16.5. The van der Waals surface area contributed by atoms with Crippen LogP contribution in [0, 0.1) is 11.3 Å². The number of hydrogen-bond acceptors (Lipinski definition) is 4. The van der Waals surface area contributed by atoms with Crippen molar-refractivity contribution in [3.05, 3.63) is 65.2 Å². The molecule has 0 radical (unpaired) electrons. The molecule has 0 amide bonds. The summed E-state index contributed by atoms with van der Waals surface area (Å²) in [5.41, 5.74) is 2.65. The largest absolute Gasteiger partial charge is 0.489 e. The minimum atomic E-state index is -0.280. The second-order valence-corrected chi connectivity index (χ2v) is 5.52. The molecule has 23 heavy (non-hydrogen) atoms. The predicted octanol–water partition coefficient (Wildman–Crippen LogP) is 3.00. The van der Waals surface area contributed by atoms with E-state index in [4.69, 9.17) is 10.00 Å². The van der Waals surface area contributed by atoms with Crippen molar-refractivity contribution < 1.29 is 9.84 Å². The van der Waals surface area contributed by atoms with E-state index < -0.39 is 0 Å². The lowest BCUT2D eigenvalue weighted by molar-refractivity contribution is 0.183. The summed E-state index contributed by atoms with van der Waals surface area (Å²) in [6, 6.07) is 17.5. The Morgan fingerprint density at radius 3 is 2.83 bits per heavy atom. The molecule has 0 saturated heterocycles. The normalized spacial score (nSPS) is 11.7. The van der Waals surface area contributed by atoms with Gasteiger partial charge in [0.25, 0.3) is 0 Å². The number of hydrogen-bond donors (Lipinski definition) is 2. The van der Waals surface area contributed by atoms with Crippen molar-refractivity contribution in [2.24, 2.45) is 0 Å². The van der Waals surface area contributed by atoms with Crippen LogP contribution < -0.4 is 10.1 Å². The first-order valence-corrected chi connectivity index (χ1v) is 7.77. The molecule has 4 heteroatoms. The van der Waals surface area contributed by atoms with E-state index in [9.17, 15) is 5.11 Å². The monoisotopic (exact) mass is 310 g/mol. The van der Waals surface area contributed by atoms with E-state index in [-0.39, 0.29) is 6.10 Å². The Hall–Kier alpha value is -2.35. The minimum absolute atomic E-state index is 0.280. The first-order chi connectivity index (χ1) is 11.2. The van der Waals surface area contributed by atoms with Gasteiger partial charge in [-0.25, -0.2) is 0 Å². The number of nitriles is 1. The van der Waals surface area contributed by atoms with Crippen LogP contribution in [0.15, 0.2) is 48.5 Å². The van der Waals surface area contributed by atoms with Crippen molar-refractivity contribution in [3.8, 4) is 11.8 Å². The van der Waals surface area contributed by atoms with Crippen molar-refractivity contribution in [3.63, 3.8) is 0 Å². The van der Waals surface area contributed by atoms with Crippen LogP contribution in [0.1, 0.15) is 30.0 Å². The molecule has 0 aliphatic carbocycles. The number of ether oxygens (including phenoxy) is 1. The van der Waals surface area contributed by atoms with E-state index in [1.54, 1.807) is 13.0 Å². The zero-order valence-corrected chi connectivity index (χ0v) is 13.3. The Balaban J connectivity index is 1.89. The molecule has 0 spiro atoms. The van der Waals surface area contributed by atoms with Gasteiger partial charge in [-0.1, -0.05) is 30.3 Å². The fraction of sp³-hybridized carbons (Fsp3) is 0.316. The molecule has 2 aromatic rings. The van der Waals surface area contributed by atoms with Crippen LogP contribution in [0.25, 0.3) is 0 Å². The van der Waals surface area contributed by atoms with Gasteiger partial charge in [-0.2, -0.15) is 5.26 Å². The summed E-state index contributed by atoms with van der Waals surface area (Å²) in [7, 11) is 0. The second kappa shape index (κ2) is 8.94. The molecule has 2 N–H and O–H groups in total. The van der Waals surface area contributed by atoms with Gasteiger partial charge in [-0.3, -0.25) is 0 Å². The zero-order valence-electron chi connectivity index (χ0n) is 13.3. The fourth-order valence-electron chi connectivity index (χ4n) is 2.21. The SMILES string of the molecule is CC(O)CCNCc1cccc(OCc2ccccc2C#N)c1. The number of nitrogens with one attached hydrogen (secondary N) is 1. The fourth-order valence-corrected chi connectivity index (χ4v) is 2.21. The van der Waals surface area contributed by atoms with Gasteiger partial charge in [0.15, 0.2) is 0 Å². The summed E-state index contributed by atoms with van der Waals surface area (Å²) in [6.07, 6.45) is 0.457.